The Bertz CT molecular complexity index is 706. The van der Waals surface area contributed by atoms with Gasteiger partial charge >= 0.3 is 6.09 Å². The number of hydrogen-bond acceptors (Lipinski definition) is 5. The largest absolute Gasteiger partial charge is 0.474 e. The molecule has 0 spiro atoms. The Hall–Kier alpha value is -2.26. The van der Waals surface area contributed by atoms with Crippen LogP contribution in [0.3, 0.4) is 0 Å². The van der Waals surface area contributed by atoms with Crippen LogP contribution < -0.4 is 0 Å². The zero-order chi connectivity index (χ0) is 22.3. The maximum Gasteiger partial charge on any atom is 0.410 e. The lowest BCUT2D eigenvalue weighted by Crippen LogP contribution is -2.43. The highest BCUT2D eigenvalue weighted by molar-refractivity contribution is 5.95. The van der Waals surface area contributed by atoms with Crippen molar-refractivity contribution in [3.63, 3.8) is 0 Å². The van der Waals surface area contributed by atoms with E-state index in [1.807, 2.05) is 20.8 Å². The van der Waals surface area contributed by atoms with Gasteiger partial charge in [-0.25, -0.2) is 4.79 Å². The number of amides is 1. The van der Waals surface area contributed by atoms with Gasteiger partial charge in [0.2, 0.25) is 5.90 Å². The van der Waals surface area contributed by atoms with E-state index in [9.17, 15) is 4.79 Å². The van der Waals surface area contributed by atoms with Crippen molar-refractivity contribution in [3.05, 3.63) is 23.8 Å². The fourth-order valence-corrected chi connectivity index (χ4v) is 3.97. The van der Waals surface area contributed by atoms with Gasteiger partial charge < -0.3 is 19.1 Å². The number of hydrogen-bond donors (Lipinski definition) is 1. The van der Waals surface area contributed by atoms with E-state index in [0.717, 1.165) is 44.1 Å². The van der Waals surface area contributed by atoms with Crippen LogP contribution in [0.2, 0.25) is 0 Å². The standard InChI is InChI=1S/C24H36N2O4/c1-7-15-28-16-18-9-8-10-21(18)17(2)22(25)29-20-13-11-19(12-14-20)26(6)23(27)30-24(3,4)5/h1,10,18-20,25H,2,8-9,11-16H2,3-6H3/t18-,19-,20-/m0/s1. The molecule has 0 radical (unpaired) electrons. The number of carbonyl (C=O) groups is 1. The average Bonchev–Trinajstić information content (AvgIpc) is 3.14. The van der Waals surface area contributed by atoms with Crippen LogP contribution in [0.4, 0.5) is 4.79 Å². The molecule has 1 fully saturated rings. The fraction of sp³-hybridized carbons (Fsp3) is 0.667. The second kappa shape index (κ2) is 10.7. The van der Waals surface area contributed by atoms with Crippen LogP contribution in [0.25, 0.3) is 0 Å². The molecule has 30 heavy (non-hydrogen) atoms. The maximum atomic E-state index is 12.3. The molecule has 0 unspecified atom stereocenters. The molecule has 1 atom stereocenters. The zero-order valence-corrected chi connectivity index (χ0v) is 18.8. The van der Waals surface area contributed by atoms with Crippen LogP contribution in [0.1, 0.15) is 59.3 Å². The van der Waals surface area contributed by atoms with Gasteiger partial charge in [0.15, 0.2) is 0 Å². The summed E-state index contributed by atoms with van der Waals surface area (Å²) in [4.78, 5) is 14.0. The Morgan fingerprint density at radius 1 is 1.30 bits per heavy atom. The van der Waals surface area contributed by atoms with Crippen LogP contribution in [-0.2, 0) is 14.2 Å². The van der Waals surface area contributed by atoms with Gasteiger partial charge in [0.1, 0.15) is 18.3 Å². The quantitative estimate of drug-likeness (QED) is 0.283. The molecule has 2 rings (SSSR count). The summed E-state index contributed by atoms with van der Waals surface area (Å²) >= 11 is 0. The molecule has 0 aromatic carbocycles. The third-order valence-corrected chi connectivity index (χ3v) is 5.60. The minimum absolute atomic E-state index is 0.0318. The number of ether oxygens (including phenoxy) is 3. The van der Waals surface area contributed by atoms with E-state index in [-0.39, 0.29) is 30.1 Å². The van der Waals surface area contributed by atoms with E-state index >= 15 is 0 Å². The van der Waals surface area contributed by atoms with E-state index in [4.69, 9.17) is 26.0 Å². The second-order valence-electron chi connectivity index (χ2n) is 9.10. The molecule has 1 N–H and O–H groups in total. The Morgan fingerprint density at radius 2 is 1.97 bits per heavy atom. The van der Waals surface area contributed by atoms with E-state index in [1.54, 1.807) is 11.9 Å². The molecule has 6 nitrogen and oxygen atoms in total. The highest BCUT2D eigenvalue weighted by atomic mass is 16.6. The molecule has 2 aliphatic carbocycles. The summed E-state index contributed by atoms with van der Waals surface area (Å²) in [5.41, 5.74) is 1.17. The summed E-state index contributed by atoms with van der Waals surface area (Å²) in [6.45, 7) is 10.5. The monoisotopic (exact) mass is 416 g/mol. The van der Waals surface area contributed by atoms with Gasteiger partial charge in [-0.15, -0.1) is 6.42 Å². The molecule has 1 amide bonds. The van der Waals surface area contributed by atoms with Crippen LogP contribution in [-0.4, -0.2) is 54.9 Å². The molecule has 0 heterocycles. The molecular weight excluding hydrogens is 380 g/mol. The van der Waals surface area contributed by atoms with Gasteiger partial charge in [-0.05, 0) is 64.9 Å². The molecule has 0 saturated heterocycles. The normalized spacial score (nSPS) is 23.8. The lowest BCUT2D eigenvalue weighted by molar-refractivity contribution is 0.0132. The topological polar surface area (TPSA) is 71.9 Å². The highest BCUT2D eigenvalue weighted by Gasteiger charge is 2.31. The van der Waals surface area contributed by atoms with E-state index < -0.39 is 5.60 Å². The van der Waals surface area contributed by atoms with Gasteiger partial charge in [-0.2, -0.15) is 0 Å². The summed E-state index contributed by atoms with van der Waals surface area (Å²) < 4.78 is 16.9. The van der Waals surface area contributed by atoms with Crippen molar-refractivity contribution in [2.75, 3.05) is 20.3 Å². The Labute approximate surface area is 181 Å². The maximum absolute atomic E-state index is 12.3. The average molecular weight is 417 g/mol. The third-order valence-electron chi connectivity index (χ3n) is 5.60. The molecule has 6 heteroatoms. The number of rotatable bonds is 7. The van der Waals surface area contributed by atoms with Crippen LogP contribution in [0.15, 0.2) is 23.8 Å². The molecule has 2 aliphatic rings. The number of nitrogens with zero attached hydrogens (tertiary/aromatic N) is 1. The number of nitrogens with one attached hydrogen (secondary N) is 1. The number of allylic oxidation sites excluding steroid dienone is 1. The van der Waals surface area contributed by atoms with E-state index in [0.29, 0.717) is 18.8 Å². The van der Waals surface area contributed by atoms with Crippen LogP contribution in [0.5, 0.6) is 0 Å². The predicted octanol–water partition coefficient (Wildman–Crippen LogP) is 4.70. The van der Waals surface area contributed by atoms with Crippen molar-refractivity contribution < 1.29 is 19.0 Å². The third kappa shape index (κ3) is 6.91. The predicted molar refractivity (Wildman–Crippen MR) is 118 cm³/mol. The van der Waals surface area contributed by atoms with Crippen LogP contribution >= 0.6 is 0 Å². The lowest BCUT2D eigenvalue weighted by Gasteiger charge is -2.35. The molecule has 166 valence electrons. The lowest BCUT2D eigenvalue weighted by atomic mass is 9.92. The SMILES string of the molecule is C#CCOC[C@@H]1CCC=C1C(=C)C(=N)O[C@H]1CC[C@H](N(C)C(=O)OC(C)(C)C)CC1. The summed E-state index contributed by atoms with van der Waals surface area (Å²) in [6, 6.07) is 0.132. The minimum atomic E-state index is -0.500. The molecular formula is C24H36N2O4. The first-order valence-electron chi connectivity index (χ1n) is 10.7. The van der Waals surface area contributed by atoms with Gasteiger partial charge in [0.05, 0.1) is 6.61 Å². The summed E-state index contributed by atoms with van der Waals surface area (Å²) in [6.07, 6.45) is 12.2. The number of carbonyl (C=O) groups excluding carboxylic acids is 1. The van der Waals surface area contributed by atoms with E-state index in [2.05, 4.69) is 18.6 Å². The van der Waals surface area contributed by atoms with Crippen molar-refractivity contribution >= 4 is 12.0 Å². The van der Waals surface area contributed by atoms with Crippen molar-refractivity contribution in [2.45, 2.75) is 77.0 Å². The first-order chi connectivity index (χ1) is 14.1. The molecule has 0 aromatic heterocycles. The summed E-state index contributed by atoms with van der Waals surface area (Å²) in [5.74, 6) is 2.83. The minimum Gasteiger partial charge on any atom is -0.474 e. The van der Waals surface area contributed by atoms with Gasteiger partial charge in [0.25, 0.3) is 0 Å². The Kier molecular flexibility index (Phi) is 8.54. The molecule has 0 aromatic rings. The molecule has 0 bridgehead atoms. The van der Waals surface area contributed by atoms with Crippen LogP contribution in [0, 0.1) is 23.7 Å². The van der Waals surface area contributed by atoms with Crippen molar-refractivity contribution in [2.24, 2.45) is 5.92 Å². The van der Waals surface area contributed by atoms with Gasteiger partial charge in [-0.3, -0.25) is 5.41 Å². The first-order valence-corrected chi connectivity index (χ1v) is 10.7. The van der Waals surface area contributed by atoms with E-state index in [1.165, 1.54) is 0 Å². The first kappa shape index (κ1) is 24.0. The Balaban J connectivity index is 1.80. The summed E-state index contributed by atoms with van der Waals surface area (Å²) in [7, 11) is 1.79. The Morgan fingerprint density at radius 3 is 2.57 bits per heavy atom. The summed E-state index contributed by atoms with van der Waals surface area (Å²) in [5, 5.41) is 8.38. The van der Waals surface area contributed by atoms with Gasteiger partial charge in [0, 0.05) is 24.6 Å². The highest BCUT2D eigenvalue weighted by Crippen LogP contribution is 2.33. The molecule has 1 saturated carbocycles. The van der Waals surface area contributed by atoms with Crippen molar-refractivity contribution in [1.82, 2.24) is 4.90 Å². The van der Waals surface area contributed by atoms with Gasteiger partial charge in [-0.1, -0.05) is 18.6 Å². The van der Waals surface area contributed by atoms with Crippen molar-refractivity contribution in [3.8, 4) is 12.3 Å². The second-order valence-corrected chi connectivity index (χ2v) is 9.10. The smallest absolute Gasteiger partial charge is 0.410 e. The zero-order valence-electron chi connectivity index (χ0n) is 18.8. The van der Waals surface area contributed by atoms with Crippen molar-refractivity contribution in [1.29, 1.82) is 5.41 Å². The fourth-order valence-electron chi connectivity index (χ4n) is 3.97. The molecule has 0 aliphatic heterocycles. The number of terminal acetylenes is 1.